The molecule has 1 aromatic rings. The van der Waals surface area contributed by atoms with Gasteiger partial charge < -0.3 is 10.4 Å². The van der Waals surface area contributed by atoms with Crippen molar-refractivity contribution in [1.82, 2.24) is 5.32 Å². The van der Waals surface area contributed by atoms with Crippen LogP contribution in [0.15, 0.2) is 30.3 Å². The number of rotatable bonds is 8. The molecule has 0 saturated heterocycles. The summed E-state index contributed by atoms with van der Waals surface area (Å²) in [4.78, 5) is 11.1. The molecule has 0 radical (unpaired) electrons. The van der Waals surface area contributed by atoms with Gasteiger partial charge in [-0.15, -0.1) is 0 Å². The number of hydrogen-bond donors (Lipinski definition) is 2. The van der Waals surface area contributed by atoms with E-state index < -0.39 is 5.97 Å². The quantitative estimate of drug-likeness (QED) is 0.757. The van der Waals surface area contributed by atoms with E-state index >= 15 is 0 Å². The van der Waals surface area contributed by atoms with E-state index in [1.54, 1.807) is 0 Å². The van der Waals surface area contributed by atoms with Gasteiger partial charge in [-0.3, -0.25) is 4.79 Å². The molecule has 1 rings (SSSR count). The summed E-state index contributed by atoms with van der Waals surface area (Å²) >= 11 is 0. The van der Waals surface area contributed by atoms with Crippen molar-refractivity contribution >= 4 is 5.97 Å². The maximum Gasteiger partial charge on any atom is 0.307 e. The zero-order valence-electron chi connectivity index (χ0n) is 12.1. The highest BCUT2D eigenvalue weighted by atomic mass is 16.4. The van der Waals surface area contributed by atoms with Crippen LogP contribution in [0, 0.1) is 11.8 Å². The molecule has 2 N–H and O–H groups in total. The van der Waals surface area contributed by atoms with E-state index in [0.29, 0.717) is 18.4 Å². The van der Waals surface area contributed by atoms with Gasteiger partial charge in [-0.05, 0) is 23.8 Å². The first-order valence-electron chi connectivity index (χ1n) is 6.99. The highest BCUT2D eigenvalue weighted by molar-refractivity contribution is 5.70. The molecule has 0 bridgehead atoms. The van der Waals surface area contributed by atoms with Crippen molar-refractivity contribution in [2.45, 2.75) is 33.1 Å². The molecule has 3 nitrogen and oxygen atoms in total. The Morgan fingerprint density at radius 1 is 1.16 bits per heavy atom. The number of carbonyl (C=O) groups is 1. The first-order chi connectivity index (χ1) is 9.00. The predicted molar refractivity (Wildman–Crippen MR) is 78.3 cm³/mol. The van der Waals surface area contributed by atoms with E-state index in [1.807, 2.05) is 18.2 Å². The summed E-state index contributed by atoms with van der Waals surface area (Å²) in [5.74, 6) is -0.180. The molecule has 0 fully saturated rings. The van der Waals surface area contributed by atoms with E-state index in [0.717, 1.165) is 13.0 Å². The van der Waals surface area contributed by atoms with Crippen LogP contribution in [0.3, 0.4) is 0 Å². The Morgan fingerprint density at radius 3 is 2.32 bits per heavy atom. The van der Waals surface area contributed by atoms with Crippen molar-refractivity contribution in [1.29, 1.82) is 0 Å². The molecule has 2 atom stereocenters. The lowest BCUT2D eigenvalue weighted by Gasteiger charge is -2.18. The fraction of sp³-hybridized carbons (Fsp3) is 0.562. The minimum Gasteiger partial charge on any atom is -0.481 e. The Morgan fingerprint density at radius 2 is 1.79 bits per heavy atom. The molecule has 0 heterocycles. The molecule has 106 valence electrons. The second-order valence-electron chi connectivity index (χ2n) is 5.63. The van der Waals surface area contributed by atoms with Crippen LogP contribution in [0.4, 0.5) is 0 Å². The second kappa shape index (κ2) is 7.95. The average Bonchev–Trinajstić information content (AvgIpc) is 2.37. The van der Waals surface area contributed by atoms with Gasteiger partial charge in [0.1, 0.15) is 0 Å². The lowest BCUT2D eigenvalue weighted by atomic mass is 9.96. The molecule has 0 aliphatic rings. The highest BCUT2D eigenvalue weighted by Gasteiger charge is 2.18. The zero-order valence-corrected chi connectivity index (χ0v) is 12.1. The van der Waals surface area contributed by atoms with Crippen LogP contribution in [0.5, 0.6) is 0 Å². The third kappa shape index (κ3) is 5.88. The lowest BCUT2D eigenvalue weighted by Crippen LogP contribution is -2.31. The Kier molecular flexibility index (Phi) is 6.57. The minimum atomic E-state index is -0.700. The SMILES string of the molecule is CC(C)CC(CNCC(C)c1ccccc1)C(=O)O. The predicted octanol–water partition coefficient (Wildman–Crippen LogP) is 3.13. The van der Waals surface area contributed by atoms with Gasteiger partial charge in [-0.1, -0.05) is 51.1 Å². The maximum absolute atomic E-state index is 11.1. The monoisotopic (exact) mass is 263 g/mol. The molecule has 19 heavy (non-hydrogen) atoms. The largest absolute Gasteiger partial charge is 0.481 e. The van der Waals surface area contributed by atoms with E-state index in [4.69, 9.17) is 5.11 Å². The minimum absolute atomic E-state index is 0.289. The summed E-state index contributed by atoms with van der Waals surface area (Å²) in [6.07, 6.45) is 0.724. The van der Waals surface area contributed by atoms with Gasteiger partial charge in [0.05, 0.1) is 5.92 Å². The Bertz CT molecular complexity index is 376. The Hall–Kier alpha value is -1.35. The van der Waals surface area contributed by atoms with Crippen LogP contribution in [0.1, 0.15) is 38.7 Å². The number of aliphatic carboxylic acids is 1. The van der Waals surface area contributed by atoms with Gasteiger partial charge >= 0.3 is 5.97 Å². The fourth-order valence-corrected chi connectivity index (χ4v) is 2.21. The Balaban J connectivity index is 2.38. The number of hydrogen-bond acceptors (Lipinski definition) is 2. The van der Waals surface area contributed by atoms with Gasteiger partial charge in [-0.2, -0.15) is 0 Å². The normalized spacial score (nSPS) is 14.3. The van der Waals surface area contributed by atoms with Crippen LogP contribution in [0.25, 0.3) is 0 Å². The smallest absolute Gasteiger partial charge is 0.307 e. The number of benzene rings is 1. The maximum atomic E-state index is 11.1. The topological polar surface area (TPSA) is 49.3 Å². The number of carboxylic acids is 1. The number of nitrogens with one attached hydrogen (secondary N) is 1. The summed E-state index contributed by atoms with van der Waals surface area (Å²) in [5.41, 5.74) is 1.28. The second-order valence-corrected chi connectivity index (χ2v) is 5.63. The van der Waals surface area contributed by atoms with Crippen LogP contribution in [-0.4, -0.2) is 24.2 Å². The van der Waals surface area contributed by atoms with Gasteiger partial charge in [0, 0.05) is 13.1 Å². The van der Waals surface area contributed by atoms with Crippen LogP contribution < -0.4 is 5.32 Å². The molecular weight excluding hydrogens is 238 g/mol. The molecule has 0 amide bonds. The summed E-state index contributed by atoms with van der Waals surface area (Å²) in [6, 6.07) is 10.3. The molecule has 0 aromatic heterocycles. The van der Waals surface area contributed by atoms with E-state index in [9.17, 15) is 4.79 Å². The molecule has 0 aliphatic carbocycles. The average molecular weight is 263 g/mol. The van der Waals surface area contributed by atoms with Crippen molar-refractivity contribution in [3.8, 4) is 0 Å². The molecule has 2 unspecified atom stereocenters. The van der Waals surface area contributed by atoms with Crippen LogP contribution >= 0.6 is 0 Å². The van der Waals surface area contributed by atoms with Crippen molar-refractivity contribution in [3.05, 3.63) is 35.9 Å². The van der Waals surface area contributed by atoms with Crippen molar-refractivity contribution in [2.24, 2.45) is 11.8 Å². The first-order valence-corrected chi connectivity index (χ1v) is 6.99. The molecule has 3 heteroatoms. The summed E-state index contributed by atoms with van der Waals surface area (Å²) in [7, 11) is 0. The Labute approximate surface area is 116 Å². The van der Waals surface area contributed by atoms with Gasteiger partial charge in [0.15, 0.2) is 0 Å². The van der Waals surface area contributed by atoms with Crippen molar-refractivity contribution in [3.63, 3.8) is 0 Å². The first kappa shape index (κ1) is 15.7. The molecule has 0 spiro atoms. The third-order valence-corrected chi connectivity index (χ3v) is 3.32. The van der Waals surface area contributed by atoms with Gasteiger partial charge in [-0.25, -0.2) is 0 Å². The van der Waals surface area contributed by atoms with Crippen molar-refractivity contribution < 1.29 is 9.90 Å². The zero-order chi connectivity index (χ0) is 14.3. The summed E-state index contributed by atoms with van der Waals surface area (Å²) < 4.78 is 0. The van der Waals surface area contributed by atoms with Crippen molar-refractivity contribution in [2.75, 3.05) is 13.1 Å². The standard InChI is InChI=1S/C16H25NO2/c1-12(2)9-15(16(18)19)11-17-10-13(3)14-7-5-4-6-8-14/h4-8,12-13,15,17H,9-11H2,1-3H3,(H,18,19). The number of carboxylic acid groups (broad SMARTS) is 1. The van der Waals surface area contributed by atoms with E-state index in [-0.39, 0.29) is 5.92 Å². The van der Waals surface area contributed by atoms with Gasteiger partial charge in [0.2, 0.25) is 0 Å². The molecular formula is C16H25NO2. The molecule has 0 aliphatic heterocycles. The van der Waals surface area contributed by atoms with E-state index in [1.165, 1.54) is 5.56 Å². The van der Waals surface area contributed by atoms with Crippen LogP contribution in [0.2, 0.25) is 0 Å². The van der Waals surface area contributed by atoms with Gasteiger partial charge in [0.25, 0.3) is 0 Å². The summed E-state index contributed by atoms with van der Waals surface area (Å²) in [5, 5.41) is 12.5. The molecule has 1 aromatic carbocycles. The molecule has 0 saturated carbocycles. The highest BCUT2D eigenvalue weighted by Crippen LogP contribution is 2.14. The fourth-order valence-electron chi connectivity index (χ4n) is 2.21. The van der Waals surface area contributed by atoms with E-state index in [2.05, 4.69) is 38.2 Å². The summed E-state index contributed by atoms with van der Waals surface area (Å²) in [6.45, 7) is 7.63. The third-order valence-electron chi connectivity index (χ3n) is 3.32. The van der Waals surface area contributed by atoms with Crippen LogP contribution in [-0.2, 0) is 4.79 Å². The lowest BCUT2D eigenvalue weighted by molar-refractivity contribution is -0.142.